The Bertz CT molecular complexity index is 1330. The number of aliphatic hydroxyl groups excluding tert-OH is 1. The first-order valence-corrected chi connectivity index (χ1v) is 27.3. The SMILES string of the molecule is CCCCCCCCCCCCCCCCCCCCCCCC(=O)O[C@H](COC(=O)CCC/C=C\C[C@H]1C=CC(=O)[C@@H]1/C=C/[C@@H](O)CCCCC)COP(=O)(O)OCC[N+](C)(C)C. The number of nitrogens with zero attached hydrogens (tertiary/aromatic N) is 1. The van der Waals surface area contributed by atoms with E-state index in [4.69, 9.17) is 18.5 Å². The lowest BCUT2D eigenvalue weighted by Crippen LogP contribution is -2.37. The number of phosphoric ester groups is 1. The second kappa shape index (κ2) is 38.9. The molecule has 64 heavy (non-hydrogen) atoms. The number of hydrogen-bond donors (Lipinski definition) is 2. The fraction of sp³-hybridized carbons (Fsp3) is 0.827. The number of esters is 2. The molecule has 0 aromatic carbocycles. The van der Waals surface area contributed by atoms with Gasteiger partial charge in [0.25, 0.3) is 0 Å². The van der Waals surface area contributed by atoms with Crippen molar-refractivity contribution in [1.29, 1.82) is 0 Å². The maximum absolute atomic E-state index is 12.8. The number of carbonyl (C=O) groups excluding carboxylic acids is 3. The van der Waals surface area contributed by atoms with Crippen molar-refractivity contribution in [3.63, 3.8) is 0 Å². The number of aliphatic hydroxyl groups is 1. The summed E-state index contributed by atoms with van der Waals surface area (Å²) < 4.78 is 34.4. The molecule has 11 nitrogen and oxygen atoms in total. The summed E-state index contributed by atoms with van der Waals surface area (Å²) in [4.78, 5) is 48.1. The van der Waals surface area contributed by atoms with Crippen LogP contribution < -0.4 is 0 Å². The molecule has 0 saturated carbocycles. The lowest BCUT2D eigenvalue weighted by atomic mass is 9.90. The Kier molecular flexibility index (Phi) is 36.4. The predicted molar refractivity (Wildman–Crippen MR) is 261 cm³/mol. The molecule has 1 aliphatic carbocycles. The van der Waals surface area contributed by atoms with Gasteiger partial charge in [0, 0.05) is 18.8 Å². The van der Waals surface area contributed by atoms with Crippen LogP contribution in [0.25, 0.3) is 0 Å². The summed E-state index contributed by atoms with van der Waals surface area (Å²) in [6.07, 6.45) is 42.5. The van der Waals surface area contributed by atoms with Gasteiger partial charge in [-0.2, -0.15) is 0 Å². The van der Waals surface area contributed by atoms with Gasteiger partial charge in [0.2, 0.25) is 0 Å². The highest BCUT2D eigenvalue weighted by molar-refractivity contribution is 7.47. The van der Waals surface area contributed by atoms with Crippen LogP contribution in [0.2, 0.25) is 0 Å². The second-order valence-electron chi connectivity index (χ2n) is 19.2. The molecule has 0 aliphatic heterocycles. The molecule has 372 valence electrons. The molecule has 2 N–H and O–H groups in total. The van der Waals surface area contributed by atoms with Crippen LogP contribution in [0, 0.1) is 11.8 Å². The van der Waals surface area contributed by atoms with E-state index in [1.165, 1.54) is 109 Å². The van der Waals surface area contributed by atoms with Crippen molar-refractivity contribution in [3.8, 4) is 0 Å². The minimum Gasteiger partial charge on any atom is -0.462 e. The summed E-state index contributed by atoms with van der Waals surface area (Å²) in [6, 6.07) is 0. The van der Waals surface area contributed by atoms with E-state index in [9.17, 15) is 28.9 Å². The summed E-state index contributed by atoms with van der Waals surface area (Å²) in [7, 11) is 1.37. The number of quaternary nitrogens is 1. The summed E-state index contributed by atoms with van der Waals surface area (Å²) in [5.41, 5.74) is 0. The van der Waals surface area contributed by atoms with Crippen LogP contribution in [0.3, 0.4) is 0 Å². The maximum Gasteiger partial charge on any atom is 0.472 e. The van der Waals surface area contributed by atoms with E-state index in [1.54, 1.807) is 12.2 Å². The van der Waals surface area contributed by atoms with Crippen molar-refractivity contribution in [1.82, 2.24) is 0 Å². The minimum atomic E-state index is -4.43. The maximum atomic E-state index is 12.8. The van der Waals surface area contributed by atoms with Gasteiger partial charge in [-0.3, -0.25) is 23.4 Å². The highest BCUT2D eigenvalue weighted by Gasteiger charge is 2.28. The lowest BCUT2D eigenvalue weighted by Gasteiger charge is -2.24. The highest BCUT2D eigenvalue weighted by Crippen LogP contribution is 2.43. The molecule has 1 rings (SSSR count). The number of hydrogen-bond acceptors (Lipinski definition) is 9. The second-order valence-corrected chi connectivity index (χ2v) is 20.7. The monoisotopic (exact) mass is 925 g/mol. The Morgan fingerprint density at radius 3 is 1.77 bits per heavy atom. The van der Waals surface area contributed by atoms with E-state index in [2.05, 4.69) is 13.8 Å². The Morgan fingerprint density at radius 1 is 0.703 bits per heavy atom. The van der Waals surface area contributed by atoms with E-state index in [0.29, 0.717) is 43.1 Å². The standard InChI is InChI=1S/C52H94NO10P/c1-6-8-10-11-12-13-14-15-16-17-18-19-20-21-22-23-24-25-26-27-33-37-52(57)63-48(45-62-64(58,59)61-43-42-53(3,4)5)44-60-51(56)36-32-29-28-31-34-46-38-41-50(55)49(46)40-39-47(54)35-30-9-7-2/h28,31,38-41,46-49,54H,6-27,29-30,32-37,42-45H2,1-5H3/p+1/b31-28-,40-39+/t46-,47-,48+,49+/m0/s1. The zero-order valence-corrected chi connectivity index (χ0v) is 42.3. The van der Waals surface area contributed by atoms with Crippen LogP contribution in [0.4, 0.5) is 0 Å². The molecular weight excluding hydrogens is 830 g/mol. The predicted octanol–water partition coefficient (Wildman–Crippen LogP) is 12.9. The van der Waals surface area contributed by atoms with Crippen LogP contribution in [0.1, 0.15) is 206 Å². The number of carbonyl (C=O) groups is 3. The van der Waals surface area contributed by atoms with Crippen LogP contribution in [-0.4, -0.2) is 91.9 Å². The van der Waals surface area contributed by atoms with Gasteiger partial charge in [0.1, 0.15) is 19.8 Å². The van der Waals surface area contributed by atoms with Gasteiger partial charge < -0.3 is 24.0 Å². The van der Waals surface area contributed by atoms with Gasteiger partial charge in [-0.1, -0.05) is 192 Å². The molecule has 0 bridgehead atoms. The zero-order valence-electron chi connectivity index (χ0n) is 41.4. The summed E-state index contributed by atoms with van der Waals surface area (Å²) >= 11 is 0. The first-order valence-electron chi connectivity index (χ1n) is 25.8. The van der Waals surface area contributed by atoms with Gasteiger partial charge in [-0.25, -0.2) is 4.57 Å². The molecule has 5 atom stereocenters. The van der Waals surface area contributed by atoms with E-state index in [-0.39, 0.29) is 43.7 Å². The summed E-state index contributed by atoms with van der Waals surface area (Å²) in [5, 5.41) is 10.2. The molecule has 0 radical (unpaired) electrons. The Hall–Kier alpha value is -2.14. The summed E-state index contributed by atoms with van der Waals surface area (Å²) in [5.74, 6) is -1.13. The molecule has 0 amide bonds. The third kappa shape index (κ3) is 36.0. The first-order chi connectivity index (χ1) is 30.8. The minimum absolute atomic E-state index is 0.00107. The normalized spacial score (nSPS) is 17.4. The number of rotatable bonds is 44. The van der Waals surface area contributed by atoms with E-state index < -0.39 is 38.6 Å². The van der Waals surface area contributed by atoms with Crippen molar-refractivity contribution < 1.29 is 52.0 Å². The van der Waals surface area contributed by atoms with Gasteiger partial charge in [0.15, 0.2) is 11.9 Å². The molecule has 0 heterocycles. The number of unbranched alkanes of at least 4 members (excludes halogenated alkanes) is 23. The van der Waals surface area contributed by atoms with Crippen molar-refractivity contribution in [2.75, 3.05) is 47.5 Å². The lowest BCUT2D eigenvalue weighted by molar-refractivity contribution is -0.870. The number of ketones is 1. The van der Waals surface area contributed by atoms with E-state index in [1.807, 2.05) is 45.4 Å². The first kappa shape index (κ1) is 59.9. The topological polar surface area (TPSA) is 146 Å². The summed E-state index contributed by atoms with van der Waals surface area (Å²) in [6.45, 7) is 4.13. The van der Waals surface area contributed by atoms with Crippen LogP contribution in [0.15, 0.2) is 36.5 Å². The largest absolute Gasteiger partial charge is 0.472 e. The number of likely N-dealkylation sites (N-methyl/N-ethyl adjacent to an activating group) is 1. The van der Waals surface area contributed by atoms with Crippen LogP contribution in [-0.2, 0) is 37.5 Å². The van der Waals surface area contributed by atoms with E-state index in [0.717, 1.165) is 38.5 Å². The van der Waals surface area contributed by atoms with Gasteiger partial charge >= 0.3 is 19.8 Å². The van der Waals surface area contributed by atoms with Gasteiger partial charge in [-0.05, 0) is 44.1 Å². The van der Waals surface area contributed by atoms with Gasteiger partial charge in [0.05, 0.1) is 33.9 Å². The molecule has 1 aliphatic rings. The fourth-order valence-electron chi connectivity index (χ4n) is 7.77. The Balaban J connectivity index is 2.35. The van der Waals surface area contributed by atoms with Gasteiger partial charge in [-0.15, -0.1) is 0 Å². The average molecular weight is 925 g/mol. The third-order valence-corrected chi connectivity index (χ3v) is 12.9. The Morgan fingerprint density at radius 2 is 1.22 bits per heavy atom. The molecular formula is C52H95NO10P+. The smallest absolute Gasteiger partial charge is 0.462 e. The van der Waals surface area contributed by atoms with Crippen LogP contribution in [0.5, 0.6) is 0 Å². The van der Waals surface area contributed by atoms with Crippen molar-refractivity contribution in [2.24, 2.45) is 11.8 Å². The molecule has 0 fully saturated rings. The quantitative estimate of drug-likeness (QED) is 0.0199. The molecule has 12 heteroatoms. The molecule has 0 aromatic heterocycles. The number of phosphoric acid groups is 1. The highest BCUT2D eigenvalue weighted by atomic mass is 31.2. The number of allylic oxidation sites excluding steroid dienone is 5. The fourth-order valence-corrected chi connectivity index (χ4v) is 8.51. The number of ether oxygens (including phenoxy) is 2. The third-order valence-electron chi connectivity index (χ3n) is 11.9. The Labute approximate surface area is 390 Å². The molecule has 0 aromatic rings. The average Bonchev–Trinajstić information content (AvgIpc) is 3.60. The van der Waals surface area contributed by atoms with Crippen LogP contribution >= 0.6 is 7.82 Å². The molecule has 0 spiro atoms. The van der Waals surface area contributed by atoms with Crippen molar-refractivity contribution >= 4 is 25.5 Å². The van der Waals surface area contributed by atoms with Crippen molar-refractivity contribution in [2.45, 2.75) is 219 Å². The molecule has 0 saturated heterocycles. The zero-order chi connectivity index (χ0) is 47.2. The van der Waals surface area contributed by atoms with E-state index >= 15 is 0 Å². The van der Waals surface area contributed by atoms with Crippen molar-refractivity contribution in [3.05, 3.63) is 36.5 Å². The molecule has 1 unspecified atom stereocenters.